The Hall–Kier alpha value is -3.09. The minimum atomic E-state index is -1.87. The van der Waals surface area contributed by atoms with Crippen LogP contribution in [0.4, 0.5) is 10.1 Å². The highest BCUT2D eigenvalue weighted by atomic mass is 35.5. The number of hydrogen-bond acceptors (Lipinski definition) is 3. The van der Waals surface area contributed by atoms with Crippen molar-refractivity contribution in [1.29, 1.82) is 0 Å². The number of rotatable bonds is 5. The molecular formula is C18H15ClFN5O2. The fourth-order valence-corrected chi connectivity index (χ4v) is 3.27. The number of amides is 2. The van der Waals surface area contributed by atoms with Crippen LogP contribution in [0.3, 0.4) is 0 Å². The fourth-order valence-electron chi connectivity index (χ4n) is 3.03. The van der Waals surface area contributed by atoms with Crippen LogP contribution in [0, 0.1) is 5.82 Å². The van der Waals surface area contributed by atoms with Crippen LogP contribution in [0.5, 0.6) is 0 Å². The largest absolute Gasteiger partial charge is 0.351 e. The molecule has 0 aromatic heterocycles. The third-order valence-corrected chi connectivity index (χ3v) is 4.55. The molecule has 0 saturated carbocycles. The summed E-state index contributed by atoms with van der Waals surface area (Å²) in [5.41, 5.74) is 8.08. The average Bonchev–Trinajstić information content (AvgIpc) is 2.97. The van der Waals surface area contributed by atoms with Crippen LogP contribution >= 0.6 is 11.6 Å². The Morgan fingerprint density at radius 3 is 2.74 bits per heavy atom. The van der Waals surface area contributed by atoms with Gasteiger partial charge in [-0.15, -0.1) is 0 Å². The lowest BCUT2D eigenvalue weighted by atomic mass is 9.97. The number of anilines is 1. The lowest BCUT2D eigenvalue weighted by molar-refractivity contribution is -0.134. The van der Waals surface area contributed by atoms with E-state index >= 15 is 0 Å². The second-order valence-corrected chi connectivity index (χ2v) is 6.49. The maximum atomic E-state index is 13.4. The molecule has 1 N–H and O–H groups in total. The number of nitrogens with zero attached hydrogens (tertiary/aromatic N) is 4. The van der Waals surface area contributed by atoms with Gasteiger partial charge in [-0.25, -0.2) is 4.39 Å². The van der Waals surface area contributed by atoms with Crippen molar-refractivity contribution in [3.05, 3.63) is 75.4 Å². The molecule has 2 amide bonds. The minimum Gasteiger partial charge on any atom is -0.351 e. The number of benzene rings is 2. The van der Waals surface area contributed by atoms with Gasteiger partial charge in [0.2, 0.25) is 17.4 Å². The molecule has 1 aliphatic heterocycles. The second kappa shape index (κ2) is 7.65. The molecular weight excluding hydrogens is 373 g/mol. The number of hydrogen-bond donors (Lipinski definition) is 1. The molecule has 2 aromatic carbocycles. The monoisotopic (exact) mass is 387 g/mol. The third kappa shape index (κ3) is 3.72. The molecule has 138 valence electrons. The summed E-state index contributed by atoms with van der Waals surface area (Å²) in [7, 11) is 0. The molecule has 0 aliphatic carbocycles. The Morgan fingerprint density at radius 1 is 1.33 bits per heavy atom. The lowest BCUT2D eigenvalue weighted by Crippen LogP contribution is -2.50. The molecule has 3 rings (SSSR count). The number of halogens is 2. The van der Waals surface area contributed by atoms with Gasteiger partial charge < -0.3 is 10.2 Å². The lowest BCUT2D eigenvalue weighted by Gasteiger charge is -2.22. The van der Waals surface area contributed by atoms with Gasteiger partial charge in [0.1, 0.15) is 5.82 Å². The SMILES string of the molecule is [N-]=[N+]=NC1(C(=O)NCc2cc(F)cc(Cl)c2)CCN(c2ccccc2)C1=O. The summed E-state index contributed by atoms with van der Waals surface area (Å²) >= 11 is 5.80. The van der Waals surface area contributed by atoms with Crippen molar-refractivity contribution in [3.8, 4) is 0 Å². The van der Waals surface area contributed by atoms with E-state index in [1.807, 2.05) is 6.07 Å². The van der Waals surface area contributed by atoms with Crippen molar-refractivity contribution in [3.63, 3.8) is 0 Å². The molecule has 0 spiro atoms. The van der Waals surface area contributed by atoms with Gasteiger partial charge in [-0.3, -0.25) is 9.59 Å². The first kappa shape index (κ1) is 18.7. The van der Waals surface area contributed by atoms with Crippen LogP contribution in [-0.4, -0.2) is 23.9 Å². The maximum Gasteiger partial charge on any atom is 0.248 e. The molecule has 0 bridgehead atoms. The van der Waals surface area contributed by atoms with E-state index in [1.165, 1.54) is 17.0 Å². The molecule has 1 atom stereocenters. The molecule has 2 aromatic rings. The zero-order valence-electron chi connectivity index (χ0n) is 14.1. The molecule has 1 saturated heterocycles. The molecule has 7 nitrogen and oxygen atoms in total. The van der Waals surface area contributed by atoms with Crippen molar-refractivity contribution in [2.24, 2.45) is 5.11 Å². The predicted molar refractivity (Wildman–Crippen MR) is 98.5 cm³/mol. The summed E-state index contributed by atoms with van der Waals surface area (Å²) in [6.07, 6.45) is 0.0422. The maximum absolute atomic E-state index is 13.4. The molecule has 27 heavy (non-hydrogen) atoms. The Balaban J connectivity index is 1.81. The smallest absolute Gasteiger partial charge is 0.248 e. The van der Waals surface area contributed by atoms with Crippen LogP contribution in [0.25, 0.3) is 10.4 Å². The van der Waals surface area contributed by atoms with Gasteiger partial charge in [-0.2, -0.15) is 0 Å². The zero-order valence-corrected chi connectivity index (χ0v) is 14.9. The van der Waals surface area contributed by atoms with E-state index in [0.717, 1.165) is 6.07 Å². The number of carbonyl (C=O) groups excluding carboxylic acids is 2. The van der Waals surface area contributed by atoms with E-state index in [4.69, 9.17) is 17.1 Å². The highest BCUT2D eigenvalue weighted by Gasteiger charge is 2.52. The highest BCUT2D eigenvalue weighted by Crippen LogP contribution is 2.32. The van der Waals surface area contributed by atoms with Crippen molar-refractivity contribution < 1.29 is 14.0 Å². The number of carbonyl (C=O) groups is 2. The standard InChI is InChI=1S/C18H15ClFN5O2/c19-13-8-12(9-14(20)10-13)11-22-16(26)18(23-24-21)6-7-25(17(18)27)15-4-2-1-3-5-15/h1-5,8-10H,6-7,11H2,(H,22,26). The summed E-state index contributed by atoms with van der Waals surface area (Å²) < 4.78 is 13.4. The summed E-state index contributed by atoms with van der Waals surface area (Å²) in [5.74, 6) is -1.87. The van der Waals surface area contributed by atoms with E-state index in [1.54, 1.807) is 24.3 Å². The van der Waals surface area contributed by atoms with E-state index < -0.39 is 23.2 Å². The van der Waals surface area contributed by atoms with Crippen LogP contribution in [0.15, 0.2) is 53.6 Å². The van der Waals surface area contributed by atoms with Crippen LogP contribution in [-0.2, 0) is 16.1 Å². The normalized spacial score (nSPS) is 18.9. The summed E-state index contributed by atoms with van der Waals surface area (Å²) in [5, 5.41) is 6.27. The Labute approximate surface area is 159 Å². The van der Waals surface area contributed by atoms with Crippen LogP contribution in [0.2, 0.25) is 5.02 Å². The fraction of sp³-hybridized carbons (Fsp3) is 0.222. The van der Waals surface area contributed by atoms with Gasteiger partial charge in [0.25, 0.3) is 0 Å². The third-order valence-electron chi connectivity index (χ3n) is 4.33. The van der Waals surface area contributed by atoms with Crippen molar-refractivity contribution in [2.75, 3.05) is 11.4 Å². The second-order valence-electron chi connectivity index (χ2n) is 6.05. The number of nitrogens with one attached hydrogen (secondary N) is 1. The Kier molecular flexibility index (Phi) is 5.30. The summed E-state index contributed by atoms with van der Waals surface area (Å²) in [6.45, 7) is 0.179. The van der Waals surface area contributed by atoms with Gasteiger partial charge in [0, 0.05) is 28.7 Å². The molecule has 1 aliphatic rings. The van der Waals surface area contributed by atoms with E-state index in [-0.39, 0.29) is 24.5 Å². The minimum absolute atomic E-state index is 0.0422. The Morgan fingerprint density at radius 2 is 2.07 bits per heavy atom. The molecule has 1 fully saturated rings. The first-order chi connectivity index (χ1) is 13.0. The molecule has 1 unspecified atom stereocenters. The van der Waals surface area contributed by atoms with Gasteiger partial charge >= 0.3 is 0 Å². The summed E-state index contributed by atoms with van der Waals surface area (Å²) in [6, 6.07) is 12.7. The molecule has 9 heteroatoms. The average molecular weight is 388 g/mol. The van der Waals surface area contributed by atoms with Crippen LogP contribution in [0.1, 0.15) is 12.0 Å². The van der Waals surface area contributed by atoms with E-state index in [0.29, 0.717) is 11.3 Å². The van der Waals surface area contributed by atoms with Gasteiger partial charge in [0.05, 0.1) is 0 Å². The van der Waals surface area contributed by atoms with Crippen molar-refractivity contribution in [2.45, 2.75) is 18.5 Å². The highest BCUT2D eigenvalue weighted by molar-refractivity contribution is 6.30. The van der Waals surface area contributed by atoms with Crippen molar-refractivity contribution >= 4 is 29.1 Å². The van der Waals surface area contributed by atoms with Gasteiger partial charge in [-0.1, -0.05) is 34.9 Å². The first-order valence-electron chi connectivity index (χ1n) is 8.13. The predicted octanol–water partition coefficient (Wildman–Crippen LogP) is 3.58. The number of para-hydroxylation sites is 1. The number of azide groups is 1. The summed E-state index contributed by atoms with van der Waals surface area (Å²) in [4.78, 5) is 29.8. The molecule has 1 heterocycles. The topological polar surface area (TPSA) is 98.2 Å². The van der Waals surface area contributed by atoms with Gasteiger partial charge in [-0.05, 0) is 47.8 Å². The van der Waals surface area contributed by atoms with Gasteiger partial charge in [0.15, 0.2) is 0 Å². The van der Waals surface area contributed by atoms with E-state index in [2.05, 4.69) is 15.3 Å². The van der Waals surface area contributed by atoms with Crippen LogP contribution < -0.4 is 10.2 Å². The zero-order chi connectivity index (χ0) is 19.4. The molecule has 0 radical (unpaired) electrons. The quantitative estimate of drug-likeness (QED) is 0.367. The van der Waals surface area contributed by atoms with E-state index in [9.17, 15) is 14.0 Å². The first-order valence-corrected chi connectivity index (χ1v) is 8.50. The van der Waals surface area contributed by atoms with Crippen molar-refractivity contribution in [1.82, 2.24) is 5.32 Å². The Bertz CT molecular complexity index is 912.